The first kappa shape index (κ1) is 11.3. The van der Waals surface area contributed by atoms with Crippen molar-refractivity contribution in [2.75, 3.05) is 6.54 Å². The molecule has 0 aliphatic rings. The van der Waals surface area contributed by atoms with Crippen molar-refractivity contribution in [3.63, 3.8) is 0 Å². The smallest absolute Gasteiger partial charge is 0.0291 e. The molecule has 0 aliphatic carbocycles. The van der Waals surface area contributed by atoms with Gasteiger partial charge in [0.05, 0.1) is 0 Å². The van der Waals surface area contributed by atoms with E-state index in [0.717, 1.165) is 6.54 Å². The second-order valence-electron chi connectivity index (χ2n) is 3.94. The number of hydrogen-bond acceptors (Lipinski definition) is 1. The van der Waals surface area contributed by atoms with Crippen LogP contribution in [0.3, 0.4) is 0 Å². The number of nitrogens with one attached hydrogen (secondary N) is 1. The summed E-state index contributed by atoms with van der Waals surface area (Å²) in [4.78, 5) is 0. The van der Waals surface area contributed by atoms with Crippen molar-refractivity contribution in [3.05, 3.63) is 35.4 Å². The Morgan fingerprint density at radius 2 is 1.86 bits per heavy atom. The van der Waals surface area contributed by atoms with Gasteiger partial charge in [0.25, 0.3) is 0 Å². The molecule has 0 spiro atoms. The van der Waals surface area contributed by atoms with Gasteiger partial charge in [-0.2, -0.15) is 0 Å². The molecule has 1 heteroatoms. The van der Waals surface area contributed by atoms with Crippen molar-refractivity contribution < 1.29 is 0 Å². The van der Waals surface area contributed by atoms with Crippen molar-refractivity contribution in [2.45, 2.75) is 39.7 Å². The van der Waals surface area contributed by atoms with Crippen molar-refractivity contribution in [1.82, 2.24) is 5.32 Å². The van der Waals surface area contributed by atoms with Crippen LogP contribution in [0.25, 0.3) is 0 Å². The summed E-state index contributed by atoms with van der Waals surface area (Å²) >= 11 is 0. The van der Waals surface area contributed by atoms with Crippen LogP contribution in [0.1, 0.15) is 43.9 Å². The van der Waals surface area contributed by atoms with Crippen molar-refractivity contribution >= 4 is 0 Å². The quantitative estimate of drug-likeness (QED) is 0.703. The Balaban J connectivity index is 2.43. The third kappa shape index (κ3) is 3.51. The van der Waals surface area contributed by atoms with Gasteiger partial charge in [0.1, 0.15) is 0 Å². The third-order valence-corrected chi connectivity index (χ3v) is 2.56. The molecule has 0 heterocycles. The Kier molecular flexibility index (Phi) is 4.68. The van der Waals surface area contributed by atoms with E-state index in [1.165, 1.54) is 24.0 Å². The molecule has 0 bridgehead atoms. The maximum Gasteiger partial charge on any atom is 0.0291 e. The summed E-state index contributed by atoms with van der Waals surface area (Å²) in [5.41, 5.74) is 2.71. The van der Waals surface area contributed by atoms with Crippen LogP contribution in [0, 0.1) is 6.92 Å². The minimum Gasteiger partial charge on any atom is -0.310 e. The Morgan fingerprint density at radius 1 is 1.21 bits per heavy atom. The summed E-state index contributed by atoms with van der Waals surface area (Å²) in [7, 11) is 0. The fraction of sp³-hybridized carbons (Fsp3) is 0.538. The molecule has 14 heavy (non-hydrogen) atoms. The van der Waals surface area contributed by atoms with Gasteiger partial charge in [0.15, 0.2) is 0 Å². The van der Waals surface area contributed by atoms with Crippen molar-refractivity contribution in [1.29, 1.82) is 0 Å². The van der Waals surface area contributed by atoms with E-state index in [0.29, 0.717) is 6.04 Å². The summed E-state index contributed by atoms with van der Waals surface area (Å²) < 4.78 is 0. The van der Waals surface area contributed by atoms with Gasteiger partial charge in [-0.1, -0.05) is 43.2 Å². The molecule has 1 atom stereocenters. The van der Waals surface area contributed by atoms with Crippen molar-refractivity contribution in [3.8, 4) is 0 Å². The highest BCUT2D eigenvalue weighted by Crippen LogP contribution is 2.12. The van der Waals surface area contributed by atoms with Gasteiger partial charge in [0.2, 0.25) is 0 Å². The maximum atomic E-state index is 3.52. The largest absolute Gasteiger partial charge is 0.310 e. The summed E-state index contributed by atoms with van der Waals surface area (Å²) in [6.07, 6.45) is 2.52. The predicted octanol–water partition coefficient (Wildman–Crippen LogP) is 3.45. The second-order valence-corrected chi connectivity index (χ2v) is 3.94. The second kappa shape index (κ2) is 5.82. The molecule has 1 aromatic rings. The maximum absolute atomic E-state index is 3.52. The van der Waals surface area contributed by atoms with Gasteiger partial charge in [-0.25, -0.2) is 0 Å². The molecule has 0 unspecified atom stereocenters. The minimum absolute atomic E-state index is 0.474. The van der Waals surface area contributed by atoms with Gasteiger partial charge in [0, 0.05) is 6.04 Å². The number of aryl methyl sites for hydroxylation is 1. The van der Waals surface area contributed by atoms with E-state index in [1.54, 1.807) is 0 Å². The summed E-state index contributed by atoms with van der Waals surface area (Å²) in [6, 6.07) is 9.24. The van der Waals surface area contributed by atoms with E-state index >= 15 is 0 Å². The van der Waals surface area contributed by atoms with Crippen molar-refractivity contribution in [2.24, 2.45) is 0 Å². The molecule has 1 nitrogen and oxygen atoms in total. The molecule has 0 amide bonds. The molecule has 1 aromatic carbocycles. The molecule has 0 saturated heterocycles. The van der Waals surface area contributed by atoms with Crippen LogP contribution >= 0.6 is 0 Å². The number of benzene rings is 1. The van der Waals surface area contributed by atoms with Crippen LogP contribution < -0.4 is 5.32 Å². The van der Waals surface area contributed by atoms with Gasteiger partial charge < -0.3 is 5.32 Å². The molecular formula is C13H21N. The molecular weight excluding hydrogens is 170 g/mol. The summed E-state index contributed by atoms with van der Waals surface area (Å²) in [5.74, 6) is 0. The van der Waals surface area contributed by atoms with E-state index in [1.807, 2.05) is 0 Å². The normalized spacial score (nSPS) is 12.8. The van der Waals surface area contributed by atoms with E-state index in [2.05, 4.69) is 50.4 Å². The lowest BCUT2D eigenvalue weighted by atomic mass is 10.1. The standard InChI is InChI=1S/C13H21N/c1-4-5-10-14-12(3)13-8-6-11(2)7-9-13/h6-9,12,14H,4-5,10H2,1-3H3/t12-/m1/s1. The first-order valence-electron chi connectivity index (χ1n) is 5.54. The van der Waals surface area contributed by atoms with Crippen LogP contribution in [0.5, 0.6) is 0 Å². The first-order chi connectivity index (χ1) is 6.74. The monoisotopic (exact) mass is 191 g/mol. The Hall–Kier alpha value is -0.820. The zero-order chi connectivity index (χ0) is 10.4. The lowest BCUT2D eigenvalue weighted by Crippen LogP contribution is -2.19. The van der Waals surface area contributed by atoms with Crippen LogP contribution in [-0.4, -0.2) is 6.54 Å². The van der Waals surface area contributed by atoms with Crippen LogP contribution in [0.4, 0.5) is 0 Å². The molecule has 0 aromatic heterocycles. The van der Waals surface area contributed by atoms with E-state index in [4.69, 9.17) is 0 Å². The Bertz CT molecular complexity index is 250. The Labute approximate surface area is 87.5 Å². The third-order valence-electron chi connectivity index (χ3n) is 2.56. The highest BCUT2D eigenvalue weighted by atomic mass is 14.9. The highest BCUT2D eigenvalue weighted by molar-refractivity contribution is 5.23. The molecule has 0 fully saturated rings. The van der Waals surface area contributed by atoms with Crippen LogP contribution in [0.15, 0.2) is 24.3 Å². The lowest BCUT2D eigenvalue weighted by molar-refractivity contribution is 0.554. The lowest BCUT2D eigenvalue weighted by Gasteiger charge is -2.13. The summed E-state index contributed by atoms with van der Waals surface area (Å²) in [6.45, 7) is 7.68. The fourth-order valence-electron chi connectivity index (χ4n) is 1.47. The van der Waals surface area contributed by atoms with Gasteiger partial charge in [-0.05, 0) is 32.4 Å². The molecule has 0 saturated carbocycles. The van der Waals surface area contributed by atoms with Gasteiger partial charge >= 0.3 is 0 Å². The zero-order valence-electron chi connectivity index (χ0n) is 9.51. The average molecular weight is 191 g/mol. The average Bonchev–Trinajstić information content (AvgIpc) is 2.19. The minimum atomic E-state index is 0.474. The molecule has 0 aliphatic heterocycles. The number of hydrogen-bond donors (Lipinski definition) is 1. The topological polar surface area (TPSA) is 12.0 Å². The van der Waals surface area contributed by atoms with Gasteiger partial charge in [-0.3, -0.25) is 0 Å². The van der Waals surface area contributed by atoms with E-state index in [9.17, 15) is 0 Å². The fourth-order valence-corrected chi connectivity index (χ4v) is 1.47. The highest BCUT2D eigenvalue weighted by Gasteiger charge is 2.02. The van der Waals surface area contributed by atoms with Gasteiger partial charge in [-0.15, -0.1) is 0 Å². The van der Waals surface area contributed by atoms with E-state index in [-0.39, 0.29) is 0 Å². The molecule has 78 valence electrons. The number of unbranched alkanes of at least 4 members (excludes halogenated alkanes) is 1. The predicted molar refractivity (Wildman–Crippen MR) is 62.5 cm³/mol. The summed E-state index contributed by atoms with van der Waals surface area (Å²) in [5, 5.41) is 3.52. The van der Waals surface area contributed by atoms with E-state index < -0.39 is 0 Å². The Morgan fingerprint density at radius 3 is 2.43 bits per heavy atom. The van der Waals surface area contributed by atoms with Crippen LogP contribution in [-0.2, 0) is 0 Å². The molecule has 1 rings (SSSR count). The van der Waals surface area contributed by atoms with Crippen LogP contribution in [0.2, 0.25) is 0 Å². The SMILES string of the molecule is CCCCN[C@H](C)c1ccc(C)cc1. The zero-order valence-corrected chi connectivity index (χ0v) is 9.51. The molecule has 0 radical (unpaired) electrons. The molecule has 1 N–H and O–H groups in total. The number of rotatable bonds is 5. The first-order valence-corrected chi connectivity index (χ1v) is 5.54.